The van der Waals surface area contributed by atoms with Gasteiger partial charge in [0.15, 0.2) is 0 Å². The number of carbonyl (C=O) groups excluding carboxylic acids is 1. The van der Waals surface area contributed by atoms with E-state index in [1.54, 1.807) is 6.92 Å². The summed E-state index contributed by atoms with van der Waals surface area (Å²) in [6, 6.07) is -0.631. The van der Waals surface area contributed by atoms with Crippen LogP contribution < -0.4 is 10.0 Å². The van der Waals surface area contributed by atoms with Gasteiger partial charge in [-0.1, -0.05) is 0 Å². The number of rotatable bonds is 5. The van der Waals surface area contributed by atoms with E-state index in [1.165, 1.54) is 4.31 Å². The standard InChI is InChI=1S/C12H21N3O4S/c1-2-19-12(16)10-4-3-5-15(10)20(17,18)14-11-8-6-13-7-9(8)11/h8-11,13-14H,2-7H2,1H3. The van der Waals surface area contributed by atoms with E-state index >= 15 is 0 Å². The maximum absolute atomic E-state index is 12.4. The lowest BCUT2D eigenvalue weighted by molar-refractivity contribution is -0.146. The largest absolute Gasteiger partial charge is 0.465 e. The average molecular weight is 303 g/mol. The van der Waals surface area contributed by atoms with E-state index in [-0.39, 0.29) is 12.6 Å². The number of piperidine rings is 1. The molecule has 3 atom stereocenters. The molecule has 2 N–H and O–H groups in total. The Hall–Kier alpha value is -0.700. The van der Waals surface area contributed by atoms with Crippen molar-refractivity contribution in [2.75, 3.05) is 26.2 Å². The molecule has 3 rings (SSSR count). The van der Waals surface area contributed by atoms with Crippen LogP contribution in [-0.4, -0.2) is 57.0 Å². The second-order valence-corrected chi connectivity index (χ2v) is 7.31. The zero-order valence-electron chi connectivity index (χ0n) is 11.5. The number of ether oxygens (including phenoxy) is 1. The summed E-state index contributed by atoms with van der Waals surface area (Å²) in [6.07, 6.45) is 1.24. The molecule has 0 amide bonds. The first-order valence-corrected chi connectivity index (χ1v) is 8.65. The number of hydrogen-bond donors (Lipinski definition) is 2. The fourth-order valence-corrected chi connectivity index (χ4v) is 5.06. The summed E-state index contributed by atoms with van der Waals surface area (Å²) in [5, 5.41) is 3.23. The molecule has 7 nitrogen and oxygen atoms in total. The molecule has 0 aromatic heterocycles. The number of carbonyl (C=O) groups is 1. The van der Waals surface area contributed by atoms with Gasteiger partial charge in [-0.05, 0) is 44.7 Å². The molecule has 0 radical (unpaired) electrons. The number of fused-ring (bicyclic) bond motifs is 1. The normalized spacial score (nSPS) is 36.9. The molecule has 1 aliphatic carbocycles. The van der Waals surface area contributed by atoms with Crippen LogP contribution in [0.4, 0.5) is 0 Å². The number of nitrogens with zero attached hydrogens (tertiary/aromatic N) is 1. The predicted molar refractivity (Wildman–Crippen MR) is 72.1 cm³/mol. The zero-order chi connectivity index (χ0) is 14.3. The van der Waals surface area contributed by atoms with Crippen molar-refractivity contribution in [3.8, 4) is 0 Å². The summed E-state index contributed by atoms with van der Waals surface area (Å²) in [6.45, 7) is 4.13. The third-order valence-electron chi connectivity index (χ3n) is 4.45. The summed E-state index contributed by atoms with van der Waals surface area (Å²) in [7, 11) is -3.60. The molecule has 3 fully saturated rings. The Balaban J connectivity index is 1.65. The van der Waals surface area contributed by atoms with Gasteiger partial charge in [0.2, 0.25) is 0 Å². The van der Waals surface area contributed by atoms with Crippen LogP contribution in [0.1, 0.15) is 19.8 Å². The zero-order valence-corrected chi connectivity index (χ0v) is 12.4. The molecule has 2 aliphatic heterocycles. The Bertz CT molecular complexity index is 485. The first-order valence-electron chi connectivity index (χ1n) is 7.21. The van der Waals surface area contributed by atoms with E-state index in [2.05, 4.69) is 10.0 Å². The maximum atomic E-state index is 12.4. The topological polar surface area (TPSA) is 87.7 Å². The molecule has 0 aromatic carbocycles. The van der Waals surface area contributed by atoms with Gasteiger partial charge < -0.3 is 10.1 Å². The van der Waals surface area contributed by atoms with Crippen molar-refractivity contribution < 1.29 is 17.9 Å². The van der Waals surface area contributed by atoms with Gasteiger partial charge in [0.25, 0.3) is 10.2 Å². The fraction of sp³-hybridized carbons (Fsp3) is 0.917. The average Bonchev–Trinajstić information content (AvgIpc) is 2.87. The summed E-state index contributed by atoms with van der Waals surface area (Å²) < 4.78 is 33.8. The van der Waals surface area contributed by atoms with Crippen LogP contribution in [-0.2, 0) is 19.7 Å². The van der Waals surface area contributed by atoms with Gasteiger partial charge in [0.1, 0.15) is 6.04 Å². The van der Waals surface area contributed by atoms with Crippen molar-refractivity contribution in [2.45, 2.75) is 31.8 Å². The minimum atomic E-state index is -3.60. The predicted octanol–water partition coefficient (Wildman–Crippen LogP) is -0.934. The van der Waals surface area contributed by atoms with Crippen molar-refractivity contribution in [1.29, 1.82) is 0 Å². The SMILES string of the molecule is CCOC(=O)C1CCCN1S(=O)(=O)NC1C2CNCC21. The van der Waals surface area contributed by atoms with Crippen LogP contribution in [0.2, 0.25) is 0 Å². The van der Waals surface area contributed by atoms with Crippen molar-refractivity contribution in [3.63, 3.8) is 0 Å². The Morgan fingerprint density at radius 1 is 1.40 bits per heavy atom. The molecule has 0 aromatic rings. The number of nitrogens with one attached hydrogen (secondary N) is 2. The molecule has 0 spiro atoms. The van der Waals surface area contributed by atoms with Gasteiger partial charge in [-0.25, -0.2) is 0 Å². The van der Waals surface area contributed by atoms with E-state index in [4.69, 9.17) is 4.74 Å². The van der Waals surface area contributed by atoms with Gasteiger partial charge in [-0.15, -0.1) is 0 Å². The molecule has 114 valence electrons. The quantitative estimate of drug-likeness (QED) is 0.641. The molecule has 2 saturated heterocycles. The van der Waals surface area contributed by atoms with Crippen LogP contribution in [0.15, 0.2) is 0 Å². The van der Waals surface area contributed by atoms with Gasteiger partial charge in [-0.3, -0.25) is 4.79 Å². The lowest BCUT2D eigenvalue weighted by atomic mass is 10.2. The minimum absolute atomic E-state index is 0.0321. The monoisotopic (exact) mass is 303 g/mol. The summed E-state index contributed by atoms with van der Waals surface area (Å²) in [4.78, 5) is 11.8. The highest BCUT2D eigenvalue weighted by atomic mass is 32.2. The first kappa shape index (κ1) is 14.2. The highest BCUT2D eigenvalue weighted by Gasteiger charge is 2.55. The van der Waals surface area contributed by atoms with Crippen molar-refractivity contribution in [1.82, 2.24) is 14.3 Å². The van der Waals surface area contributed by atoms with E-state index in [0.717, 1.165) is 13.1 Å². The molecular formula is C12H21N3O4S. The van der Waals surface area contributed by atoms with E-state index in [9.17, 15) is 13.2 Å². The van der Waals surface area contributed by atoms with E-state index < -0.39 is 22.2 Å². The summed E-state index contributed by atoms with van der Waals surface area (Å²) in [5.41, 5.74) is 0. The van der Waals surface area contributed by atoms with Crippen LogP contribution in [0.25, 0.3) is 0 Å². The third kappa shape index (κ3) is 2.45. The Morgan fingerprint density at radius 3 is 2.75 bits per heavy atom. The van der Waals surface area contributed by atoms with Gasteiger partial charge in [0, 0.05) is 12.6 Å². The third-order valence-corrected chi connectivity index (χ3v) is 6.07. The lowest BCUT2D eigenvalue weighted by Crippen LogP contribution is -2.48. The minimum Gasteiger partial charge on any atom is -0.465 e. The second kappa shape index (κ2) is 5.25. The maximum Gasteiger partial charge on any atom is 0.324 e. The van der Waals surface area contributed by atoms with E-state index in [1.807, 2.05) is 0 Å². The summed E-state index contributed by atoms with van der Waals surface area (Å²) in [5.74, 6) is 0.384. The molecule has 3 aliphatic rings. The highest BCUT2D eigenvalue weighted by molar-refractivity contribution is 7.87. The second-order valence-electron chi connectivity index (χ2n) is 5.66. The fourth-order valence-electron chi connectivity index (χ4n) is 3.33. The van der Waals surface area contributed by atoms with Crippen LogP contribution >= 0.6 is 0 Å². The molecule has 2 heterocycles. The first-order chi connectivity index (χ1) is 9.54. The van der Waals surface area contributed by atoms with Crippen molar-refractivity contribution in [3.05, 3.63) is 0 Å². The van der Waals surface area contributed by atoms with Crippen LogP contribution in [0.3, 0.4) is 0 Å². The van der Waals surface area contributed by atoms with Gasteiger partial charge >= 0.3 is 5.97 Å². The Kier molecular flexibility index (Phi) is 3.74. The molecular weight excluding hydrogens is 282 g/mol. The molecule has 1 saturated carbocycles. The molecule has 0 bridgehead atoms. The summed E-state index contributed by atoms with van der Waals surface area (Å²) >= 11 is 0. The van der Waals surface area contributed by atoms with Gasteiger partial charge in [0.05, 0.1) is 6.61 Å². The number of hydrogen-bond acceptors (Lipinski definition) is 5. The Morgan fingerprint density at radius 2 is 2.10 bits per heavy atom. The van der Waals surface area contributed by atoms with Crippen molar-refractivity contribution in [2.24, 2.45) is 11.8 Å². The highest BCUT2D eigenvalue weighted by Crippen LogP contribution is 2.42. The molecule has 8 heteroatoms. The molecule has 3 unspecified atom stereocenters. The lowest BCUT2D eigenvalue weighted by Gasteiger charge is -2.23. The van der Waals surface area contributed by atoms with E-state index in [0.29, 0.717) is 31.2 Å². The van der Waals surface area contributed by atoms with Crippen molar-refractivity contribution >= 4 is 16.2 Å². The smallest absolute Gasteiger partial charge is 0.324 e. The Labute approximate surface area is 119 Å². The van der Waals surface area contributed by atoms with Crippen LogP contribution in [0.5, 0.6) is 0 Å². The van der Waals surface area contributed by atoms with Gasteiger partial charge in [-0.2, -0.15) is 17.4 Å². The molecule has 20 heavy (non-hydrogen) atoms. The van der Waals surface area contributed by atoms with Crippen LogP contribution in [0, 0.1) is 11.8 Å². The number of esters is 1.